The summed E-state index contributed by atoms with van der Waals surface area (Å²) in [7, 11) is 1.60. The van der Waals surface area contributed by atoms with Crippen molar-refractivity contribution in [3.8, 4) is 11.7 Å². The predicted octanol–water partition coefficient (Wildman–Crippen LogP) is 1.45. The summed E-state index contributed by atoms with van der Waals surface area (Å²) < 4.78 is 6.46. The number of anilines is 1. The first-order valence-electron chi connectivity index (χ1n) is 10.9. The van der Waals surface area contributed by atoms with Crippen LogP contribution in [0.25, 0.3) is 5.95 Å². The Morgan fingerprint density at radius 3 is 2.67 bits per heavy atom. The zero-order valence-electron chi connectivity index (χ0n) is 18.6. The van der Waals surface area contributed by atoms with Crippen molar-refractivity contribution < 1.29 is 14.3 Å². The van der Waals surface area contributed by atoms with E-state index in [9.17, 15) is 14.4 Å². The monoisotopic (exact) mass is 450 g/mol. The number of nitrogens with one attached hydrogen (secondary N) is 3. The fourth-order valence-electron chi connectivity index (χ4n) is 3.81. The van der Waals surface area contributed by atoms with Crippen LogP contribution < -0.4 is 20.9 Å². The molecule has 0 unspecified atom stereocenters. The third-order valence-corrected chi connectivity index (χ3v) is 5.52. The zero-order valence-corrected chi connectivity index (χ0v) is 18.6. The van der Waals surface area contributed by atoms with Crippen molar-refractivity contribution in [3.63, 3.8) is 0 Å². The van der Waals surface area contributed by atoms with Crippen molar-refractivity contribution in [2.24, 2.45) is 0 Å². The quantitative estimate of drug-likeness (QED) is 0.487. The number of aromatic nitrogens is 4. The highest BCUT2D eigenvalue weighted by Crippen LogP contribution is 2.19. The molecular weight excluding hydrogens is 424 g/mol. The highest BCUT2D eigenvalue weighted by atomic mass is 16.5. The third-order valence-electron chi connectivity index (χ3n) is 5.52. The fourth-order valence-corrected chi connectivity index (χ4v) is 3.81. The molecule has 4 rings (SSSR count). The van der Waals surface area contributed by atoms with Gasteiger partial charge in [-0.15, -0.1) is 0 Å². The molecule has 10 nitrogen and oxygen atoms in total. The second kappa shape index (κ2) is 9.68. The highest BCUT2D eigenvalue weighted by molar-refractivity contribution is 6.39. The molecule has 10 heteroatoms. The number of rotatable bonds is 6. The molecule has 172 valence electrons. The number of carbonyl (C=O) groups excluding carboxylic acids is 2. The van der Waals surface area contributed by atoms with Gasteiger partial charge < -0.3 is 15.4 Å². The van der Waals surface area contributed by atoms with Gasteiger partial charge in [0.25, 0.3) is 5.56 Å². The molecule has 0 aliphatic heterocycles. The molecule has 0 fully saturated rings. The van der Waals surface area contributed by atoms with Crippen molar-refractivity contribution in [3.05, 3.63) is 63.2 Å². The highest BCUT2D eigenvalue weighted by Gasteiger charge is 2.20. The Labute approximate surface area is 190 Å². The van der Waals surface area contributed by atoms with Crippen molar-refractivity contribution in [2.45, 2.75) is 39.0 Å². The zero-order chi connectivity index (χ0) is 23.4. The van der Waals surface area contributed by atoms with E-state index in [-0.39, 0.29) is 17.3 Å². The molecule has 3 aromatic rings. The van der Waals surface area contributed by atoms with Crippen LogP contribution in [0.15, 0.2) is 35.1 Å². The third kappa shape index (κ3) is 5.11. The van der Waals surface area contributed by atoms with Crippen LogP contribution in [0, 0.1) is 6.92 Å². The molecule has 33 heavy (non-hydrogen) atoms. The van der Waals surface area contributed by atoms with Gasteiger partial charge in [0.15, 0.2) is 0 Å². The van der Waals surface area contributed by atoms with Gasteiger partial charge in [0.1, 0.15) is 11.6 Å². The second-order valence-electron chi connectivity index (χ2n) is 7.91. The van der Waals surface area contributed by atoms with Crippen molar-refractivity contribution >= 4 is 17.6 Å². The summed E-state index contributed by atoms with van der Waals surface area (Å²) in [5.74, 6) is -0.374. The Morgan fingerprint density at radius 1 is 1.15 bits per heavy atom. The normalized spacial score (nSPS) is 12.7. The number of aryl methyl sites for hydroxylation is 2. The van der Waals surface area contributed by atoms with E-state index < -0.39 is 11.8 Å². The molecule has 3 N–H and O–H groups in total. The number of ether oxygens (including phenoxy) is 1. The first kappa shape index (κ1) is 22.3. The van der Waals surface area contributed by atoms with Crippen LogP contribution >= 0.6 is 0 Å². The number of hydrogen-bond acceptors (Lipinski definition) is 6. The topological polar surface area (TPSA) is 131 Å². The second-order valence-corrected chi connectivity index (χ2v) is 7.91. The van der Waals surface area contributed by atoms with E-state index in [0.29, 0.717) is 30.6 Å². The van der Waals surface area contributed by atoms with Crippen molar-refractivity contribution in [2.75, 3.05) is 19.0 Å². The molecule has 0 bridgehead atoms. The number of nitrogens with zero attached hydrogens (tertiary/aromatic N) is 3. The SMILES string of the molecule is COc1ccc(CCNC(=O)C(=O)Nc2cc(C)nn2-c2nc3c(c(=O)[nH]2)CCCC3)cc1. The van der Waals surface area contributed by atoms with Gasteiger partial charge in [0.2, 0.25) is 5.95 Å². The van der Waals surface area contributed by atoms with Crippen LogP contribution in [-0.2, 0) is 28.9 Å². The van der Waals surface area contributed by atoms with Gasteiger partial charge in [-0.3, -0.25) is 19.4 Å². The van der Waals surface area contributed by atoms with Crippen LogP contribution in [0.1, 0.15) is 35.4 Å². The summed E-state index contributed by atoms with van der Waals surface area (Å²) >= 11 is 0. The Balaban J connectivity index is 1.42. The lowest BCUT2D eigenvalue weighted by Gasteiger charge is -2.15. The average Bonchev–Trinajstić information content (AvgIpc) is 3.19. The van der Waals surface area contributed by atoms with E-state index in [0.717, 1.165) is 36.3 Å². The van der Waals surface area contributed by atoms with Gasteiger partial charge in [0, 0.05) is 18.2 Å². The minimum absolute atomic E-state index is 0.198. The molecule has 0 saturated heterocycles. The smallest absolute Gasteiger partial charge is 0.314 e. The summed E-state index contributed by atoms with van der Waals surface area (Å²) in [5.41, 5.74) is 2.87. The molecule has 1 aromatic carbocycles. The van der Waals surface area contributed by atoms with Crippen LogP contribution in [0.2, 0.25) is 0 Å². The molecule has 2 amide bonds. The molecule has 0 radical (unpaired) electrons. The number of benzene rings is 1. The Kier molecular flexibility index (Phi) is 6.53. The Hall–Kier alpha value is -3.95. The average molecular weight is 450 g/mol. The molecule has 0 atom stereocenters. The number of aromatic amines is 1. The van der Waals surface area contributed by atoms with Crippen LogP contribution in [0.4, 0.5) is 5.82 Å². The van der Waals surface area contributed by atoms with Crippen molar-refractivity contribution in [1.82, 2.24) is 25.1 Å². The number of hydrogen-bond donors (Lipinski definition) is 3. The first-order valence-corrected chi connectivity index (χ1v) is 10.9. The lowest BCUT2D eigenvalue weighted by molar-refractivity contribution is -0.136. The molecule has 2 aromatic heterocycles. The van der Waals surface area contributed by atoms with Gasteiger partial charge in [-0.2, -0.15) is 9.78 Å². The number of methoxy groups -OCH3 is 1. The Morgan fingerprint density at radius 2 is 1.91 bits per heavy atom. The maximum absolute atomic E-state index is 12.5. The lowest BCUT2D eigenvalue weighted by atomic mass is 9.97. The molecule has 2 heterocycles. The van der Waals surface area contributed by atoms with Gasteiger partial charge in [-0.05, 0) is 56.7 Å². The minimum Gasteiger partial charge on any atom is -0.497 e. The van der Waals surface area contributed by atoms with E-state index >= 15 is 0 Å². The fraction of sp³-hybridized carbons (Fsp3) is 0.348. The number of carbonyl (C=O) groups is 2. The maximum Gasteiger partial charge on any atom is 0.314 e. The van der Waals surface area contributed by atoms with Crippen molar-refractivity contribution in [1.29, 1.82) is 0 Å². The Bertz CT molecular complexity index is 1230. The summed E-state index contributed by atoms with van der Waals surface area (Å²) in [6, 6.07) is 9.10. The largest absolute Gasteiger partial charge is 0.497 e. The van der Waals surface area contributed by atoms with E-state index in [4.69, 9.17) is 4.74 Å². The summed E-state index contributed by atoms with van der Waals surface area (Å²) in [5, 5.41) is 9.50. The van der Waals surface area contributed by atoms with Gasteiger partial charge in [-0.25, -0.2) is 4.98 Å². The van der Waals surface area contributed by atoms with E-state index in [1.54, 1.807) is 20.1 Å². The summed E-state index contributed by atoms with van der Waals surface area (Å²) in [6.07, 6.45) is 3.94. The van der Waals surface area contributed by atoms with Gasteiger partial charge in [0.05, 0.1) is 18.5 Å². The number of H-pyrrole nitrogens is 1. The first-order chi connectivity index (χ1) is 15.9. The minimum atomic E-state index is -0.828. The number of amides is 2. The number of fused-ring (bicyclic) bond motifs is 1. The summed E-state index contributed by atoms with van der Waals surface area (Å²) in [6.45, 7) is 2.05. The van der Waals surface area contributed by atoms with Crippen LogP contribution in [-0.4, -0.2) is 45.2 Å². The molecule has 0 spiro atoms. The molecule has 1 aliphatic rings. The predicted molar refractivity (Wildman–Crippen MR) is 122 cm³/mol. The standard InChI is InChI=1S/C23H26N6O4/c1-14-13-19(29(28-14)23-25-18-6-4-3-5-17(18)20(30)27-23)26-22(32)21(31)24-12-11-15-7-9-16(33-2)10-8-15/h7-10,13H,3-6,11-12H2,1-2H3,(H,24,31)(H,26,32)(H,25,27,30). The van der Waals surface area contributed by atoms with E-state index in [1.165, 1.54) is 4.68 Å². The van der Waals surface area contributed by atoms with Gasteiger partial charge >= 0.3 is 11.8 Å². The molecule has 1 aliphatic carbocycles. The van der Waals surface area contributed by atoms with Gasteiger partial charge in [-0.1, -0.05) is 12.1 Å². The van der Waals surface area contributed by atoms with E-state index in [1.807, 2.05) is 24.3 Å². The maximum atomic E-state index is 12.5. The summed E-state index contributed by atoms with van der Waals surface area (Å²) in [4.78, 5) is 44.5. The lowest BCUT2D eigenvalue weighted by Crippen LogP contribution is -2.37. The molecule has 0 saturated carbocycles. The molecular formula is C23H26N6O4. The van der Waals surface area contributed by atoms with Crippen LogP contribution in [0.3, 0.4) is 0 Å². The van der Waals surface area contributed by atoms with E-state index in [2.05, 4.69) is 25.7 Å². The van der Waals surface area contributed by atoms with Crippen LogP contribution in [0.5, 0.6) is 5.75 Å².